The maximum Gasteiger partial charge on any atom is 0.516 e. The molecule has 0 aliphatic carbocycles. The van der Waals surface area contributed by atoms with Gasteiger partial charge in [-0.15, -0.1) is 23.2 Å². The number of benzene rings is 4. The predicted octanol–water partition coefficient (Wildman–Crippen LogP) is 10.1. The summed E-state index contributed by atoms with van der Waals surface area (Å²) in [6, 6.07) is 22.0. The molecular formula is C43H38Cl5F3N6O9S2. The van der Waals surface area contributed by atoms with E-state index in [1.54, 1.807) is 72.8 Å². The number of nitrogens with zero attached hydrogens (tertiary/aromatic N) is 3. The first kappa shape index (κ1) is 52.3. The summed E-state index contributed by atoms with van der Waals surface area (Å²) in [5.41, 5.74) is -6.58. The molecule has 362 valence electrons. The van der Waals surface area contributed by atoms with E-state index in [0.29, 0.717) is 28.0 Å². The van der Waals surface area contributed by atoms with Crippen molar-refractivity contribution in [3.05, 3.63) is 140 Å². The Balaban J connectivity index is 1.44. The Morgan fingerprint density at radius 2 is 1.25 bits per heavy atom. The van der Waals surface area contributed by atoms with Crippen molar-refractivity contribution < 1.29 is 53.4 Å². The van der Waals surface area contributed by atoms with Gasteiger partial charge in [0.2, 0.25) is 0 Å². The highest BCUT2D eigenvalue weighted by Gasteiger charge is 2.46. The van der Waals surface area contributed by atoms with E-state index in [0.717, 1.165) is 18.8 Å². The third kappa shape index (κ3) is 11.7. The number of nitriles is 1. The van der Waals surface area contributed by atoms with Crippen molar-refractivity contribution >= 4 is 83.6 Å². The second kappa shape index (κ2) is 21.3. The van der Waals surface area contributed by atoms with Crippen molar-refractivity contribution in [2.45, 2.75) is 48.7 Å². The number of nitrogens with one attached hydrogen (secondary N) is 3. The summed E-state index contributed by atoms with van der Waals surface area (Å²) < 4.78 is 117. The summed E-state index contributed by atoms with van der Waals surface area (Å²) in [7, 11) is -9.45. The molecule has 0 radical (unpaired) electrons. The zero-order chi connectivity index (χ0) is 49.7. The van der Waals surface area contributed by atoms with E-state index >= 15 is 0 Å². The highest BCUT2D eigenvalue weighted by molar-refractivity contribution is 7.93. The van der Waals surface area contributed by atoms with Gasteiger partial charge in [-0.1, -0.05) is 59.1 Å². The van der Waals surface area contributed by atoms with Crippen LogP contribution in [0.3, 0.4) is 0 Å². The number of oxazole rings is 1. The highest BCUT2D eigenvalue weighted by Crippen LogP contribution is 2.45. The number of sulfonamides is 1. The lowest BCUT2D eigenvalue weighted by Gasteiger charge is -2.43. The Kier molecular flexibility index (Phi) is 16.3. The molecule has 6 rings (SSSR count). The van der Waals surface area contributed by atoms with Gasteiger partial charge in [-0.05, 0) is 84.6 Å². The number of rotatable bonds is 21. The fourth-order valence-electron chi connectivity index (χ4n) is 6.95. The molecule has 0 spiro atoms. The van der Waals surface area contributed by atoms with E-state index in [1.165, 1.54) is 4.72 Å². The maximum absolute atomic E-state index is 13.1. The molecule has 2 aromatic heterocycles. The minimum Gasteiger partial charge on any atom is -0.489 e. The Morgan fingerprint density at radius 1 is 0.750 bits per heavy atom. The molecule has 6 aromatic rings. The summed E-state index contributed by atoms with van der Waals surface area (Å²) in [5, 5.41) is 20.5. The van der Waals surface area contributed by atoms with Crippen molar-refractivity contribution in [1.82, 2.24) is 20.5 Å². The molecule has 2 heterocycles. The lowest BCUT2D eigenvalue weighted by Crippen LogP contribution is -2.53. The molecule has 0 saturated heterocycles. The minimum atomic E-state index is -5.74. The number of ether oxygens (including phenoxy) is 4. The van der Waals surface area contributed by atoms with Gasteiger partial charge in [0.15, 0.2) is 38.5 Å². The van der Waals surface area contributed by atoms with Gasteiger partial charge in [0.1, 0.15) is 49.7 Å². The summed E-state index contributed by atoms with van der Waals surface area (Å²) in [4.78, 5) is 3.80. The normalized spacial score (nSPS) is 13.8. The summed E-state index contributed by atoms with van der Waals surface area (Å²) in [5.74, 6) is 1.13. The Labute approximate surface area is 413 Å². The van der Waals surface area contributed by atoms with Gasteiger partial charge in [0.05, 0.1) is 49.2 Å². The van der Waals surface area contributed by atoms with E-state index in [4.69, 9.17) is 81.4 Å². The number of aromatic nitrogens is 3. The van der Waals surface area contributed by atoms with Gasteiger partial charge in [-0.2, -0.15) is 31.9 Å². The first-order valence-corrected chi connectivity index (χ1v) is 25.2. The van der Waals surface area contributed by atoms with Crippen molar-refractivity contribution in [2.75, 3.05) is 36.0 Å². The SMILES string of the molecule is CC(NC(C)(c1ccc(OCc2ocnc2S(C)(=O)=O)cc1)c1cc(Cl)c(OCCCl)c(C#N)c1)(c1ccc(OCc2n[nH]cc2NS(=O)(=O)C(F)(F)F)cc1)c1cc(Cl)c(OCCCl)c(Cl)c1. The topological polar surface area (TPSA) is 208 Å². The summed E-state index contributed by atoms with van der Waals surface area (Å²) in [6.07, 6.45) is 2.96. The van der Waals surface area contributed by atoms with Crippen LogP contribution in [0.1, 0.15) is 53.1 Å². The van der Waals surface area contributed by atoms with E-state index < -0.39 is 48.7 Å². The number of halogens is 8. The molecule has 68 heavy (non-hydrogen) atoms. The smallest absolute Gasteiger partial charge is 0.489 e. The lowest BCUT2D eigenvalue weighted by atomic mass is 9.77. The van der Waals surface area contributed by atoms with Gasteiger partial charge in [0, 0.05) is 12.5 Å². The first-order valence-electron chi connectivity index (χ1n) is 19.7. The molecule has 2 unspecified atom stereocenters. The van der Waals surface area contributed by atoms with Gasteiger partial charge in [0.25, 0.3) is 0 Å². The van der Waals surface area contributed by atoms with Crippen LogP contribution in [0.25, 0.3) is 0 Å². The molecule has 0 saturated carbocycles. The number of hydrogen-bond acceptors (Lipinski definition) is 13. The van der Waals surface area contributed by atoms with Crippen LogP contribution < -0.4 is 29.0 Å². The molecule has 0 bridgehead atoms. The number of aromatic amines is 1. The van der Waals surface area contributed by atoms with Crippen molar-refractivity contribution in [3.63, 3.8) is 0 Å². The standard InChI is InChI=1S/C43H38Cl5F3N6O9S2/c1-41(28-16-25(20-52)38(32(46)17-28)62-14-12-44,26-6-10-31(11-7-26)65-23-37-40(53-24-66-37)67(3,58)59)57-42(2,29-18-33(47)39(34(48)19-29)63-15-13-45)27-4-8-30(9-5-27)64-22-36-35(21-54-55-36)56-68(60,61)43(49,50)51/h4-11,16-19,21,24,56-57H,12-15,22-23H2,1-3H3,(H,54,55). The van der Waals surface area contributed by atoms with E-state index in [1.807, 2.05) is 13.8 Å². The van der Waals surface area contributed by atoms with E-state index in [-0.39, 0.29) is 85.9 Å². The van der Waals surface area contributed by atoms with E-state index in [9.17, 15) is 35.3 Å². The zero-order valence-corrected chi connectivity index (χ0v) is 41.1. The molecular weight excluding hydrogens is 1040 g/mol. The van der Waals surface area contributed by atoms with Crippen LogP contribution in [0.2, 0.25) is 15.1 Å². The number of alkyl halides is 5. The van der Waals surface area contributed by atoms with Crippen molar-refractivity contribution in [1.29, 1.82) is 5.26 Å². The second-order valence-electron chi connectivity index (χ2n) is 14.9. The van der Waals surface area contributed by atoms with Crippen molar-refractivity contribution in [3.8, 4) is 29.1 Å². The molecule has 3 N–H and O–H groups in total. The largest absolute Gasteiger partial charge is 0.516 e. The number of anilines is 1. The quantitative estimate of drug-likeness (QED) is 0.0574. The van der Waals surface area contributed by atoms with Crippen LogP contribution in [0.15, 0.2) is 94.8 Å². The number of sulfone groups is 1. The molecule has 0 aliphatic rings. The predicted molar refractivity (Wildman–Crippen MR) is 249 cm³/mol. The van der Waals surface area contributed by atoms with Gasteiger partial charge >= 0.3 is 15.5 Å². The Morgan fingerprint density at radius 3 is 1.75 bits per heavy atom. The van der Waals surface area contributed by atoms with Crippen LogP contribution in [0, 0.1) is 11.3 Å². The number of hydrogen-bond donors (Lipinski definition) is 3. The van der Waals surface area contributed by atoms with Crippen LogP contribution >= 0.6 is 58.0 Å². The van der Waals surface area contributed by atoms with Gasteiger partial charge in [-0.3, -0.25) is 15.1 Å². The van der Waals surface area contributed by atoms with Crippen LogP contribution in [-0.4, -0.2) is 68.8 Å². The first-order chi connectivity index (χ1) is 32.0. The molecule has 0 aliphatic heterocycles. The zero-order valence-electron chi connectivity index (χ0n) is 35.7. The molecule has 0 amide bonds. The lowest BCUT2D eigenvalue weighted by molar-refractivity contribution is -0.0429. The average molecular weight is 1080 g/mol. The second-order valence-corrected chi connectivity index (χ2v) is 20.5. The third-order valence-corrected chi connectivity index (χ3v) is 13.6. The molecule has 15 nitrogen and oxygen atoms in total. The van der Waals surface area contributed by atoms with Crippen LogP contribution in [-0.2, 0) is 44.2 Å². The fourth-order valence-corrected chi connectivity index (χ4v) is 9.31. The fraction of sp³-hybridized carbons (Fsp3) is 0.279. The molecule has 0 fully saturated rings. The molecule has 25 heteroatoms. The molecule has 2 atom stereocenters. The highest BCUT2D eigenvalue weighted by atomic mass is 35.5. The Hall–Kier alpha value is -5.11. The average Bonchev–Trinajstić information content (AvgIpc) is 3.96. The van der Waals surface area contributed by atoms with Crippen LogP contribution in [0.5, 0.6) is 23.0 Å². The molecule has 4 aromatic carbocycles. The van der Waals surface area contributed by atoms with Gasteiger partial charge in [-0.25, -0.2) is 13.4 Å². The Bertz CT molecular complexity index is 3010. The summed E-state index contributed by atoms with van der Waals surface area (Å²) in [6.45, 7) is 3.15. The van der Waals surface area contributed by atoms with Gasteiger partial charge < -0.3 is 23.4 Å². The van der Waals surface area contributed by atoms with Crippen molar-refractivity contribution in [2.24, 2.45) is 0 Å². The monoisotopic (exact) mass is 1080 g/mol. The van der Waals surface area contributed by atoms with Crippen LogP contribution in [0.4, 0.5) is 18.9 Å². The number of H-pyrrole nitrogens is 1. The third-order valence-electron chi connectivity index (χ3n) is 10.3. The summed E-state index contributed by atoms with van der Waals surface area (Å²) >= 11 is 32.4. The van der Waals surface area contributed by atoms with E-state index in [2.05, 4.69) is 26.6 Å². The maximum atomic E-state index is 13.1. The minimum absolute atomic E-state index is 0.00101.